The lowest BCUT2D eigenvalue weighted by Crippen LogP contribution is -2.51. The van der Waals surface area contributed by atoms with E-state index in [0.717, 1.165) is 23.9 Å². The van der Waals surface area contributed by atoms with Gasteiger partial charge in [0.2, 0.25) is 0 Å². The van der Waals surface area contributed by atoms with Crippen LogP contribution in [0, 0.1) is 0 Å². The second-order valence-electron chi connectivity index (χ2n) is 6.65. The van der Waals surface area contributed by atoms with E-state index < -0.39 is 0 Å². The standard InChI is InChI=1S/C17H25ClN2O/c1-20-10-14(11-20)21-16-6-5-13(9-15(16)18)17(12-19)7-3-2-4-8-17/h5-6,9,14H,2-4,7-8,10-12,19H2,1H3. The Kier molecular flexibility index (Phi) is 4.43. The van der Waals surface area contributed by atoms with Crippen LogP contribution in [0.4, 0.5) is 0 Å². The van der Waals surface area contributed by atoms with Crippen LogP contribution in [0.15, 0.2) is 18.2 Å². The van der Waals surface area contributed by atoms with Gasteiger partial charge in [-0.1, -0.05) is 36.9 Å². The lowest BCUT2D eigenvalue weighted by Gasteiger charge is -2.38. The van der Waals surface area contributed by atoms with Crippen LogP contribution in [0.5, 0.6) is 5.75 Å². The SMILES string of the molecule is CN1CC(Oc2ccc(C3(CN)CCCCC3)cc2Cl)C1. The molecular weight excluding hydrogens is 284 g/mol. The monoisotopic (exact) mass is 308 g/mol. The van der Waals surface area contributed by atoms with Gasteiger partial charge in [0.1, 0.15) is 11.9 Å². The molecule has 0 unspecified atom stereocenters. The molecule has 4 heteroatoms. The summed E-state index contributed by atoms with van der Waals surface area (Å²) in [6.45, 7) is 2.66. The Hall–Kier alpha value is -0.770. The topological polar surface area (TPSA) is 38.5 Å². The van der Waals surface area contributed by atoms with Crippen molar-refractivity contribution in [2.24, 2.45) is 5.73 Å². The molecule has 1 aromatic carbocycles. The van der Waals surface area contributed by atoms with Gasteiger partial charge in [-0.2, -0.15) is 0 Å². The van der Waals surface area contributed by atoms with Gasteiger partial charge in [0, 0.05) is 25.0 Å². The van der Waals surface area contributed by atoms with Gasteiger partial charge in [0.05, 0.1) is 5.02 Å². The normalized spacial score (nSPS) is 22.8. The van der Waals surface area contributed by atoms with E-state index in [1.54, 1.807) is 0 Å². The Morgan fingerprint density at radius 1 is 1.29 bits per heavy atom. The zero-order valence-corrected chi connectivity index (χ0v) is 13.5. The molecule has 0 atom stereocenters. The fourth-order valence-electron chi connectivity index (χ4n) is 3.66. The molecular formula is C17H25ClN2O. The fraction of sp³-hybridized carbons (Fsp3) is 0.647. The van der Waals surface area contributed by atoms with E-state index >= 15 is 0 Å². The van der Waals surface area contributed by atoms with Crippen LogP contribution < -0.4 is 10.5 Å². The molecule has 0 amide bonds. The highest BCUT2D eigenvalue weighted by atomic mass is 35.5. The van der Waals surface area contributed by atoms with Crippen molar-refractivity contribution < 1.29 is 4.74 Å². The molecule has 1 heterocycles. The highest BCUT2D eigenvalue weighted by Gasteiger charge is 2.33. The first-order valence-electron chi connectivity index (χ1n) is 7.98. The van der Waals surface area contributed by atoms with Crippen molar-refractivity contribution in [3.05, 3.63) is 28.8 Å². The number of halogens is 1. The summed E-state index contributed by atoms with van der Waals surface area (Å²) in [5.74, 6) is 0.807. The molecule has 116 valence electrons. The molecule has 1 saturated carbocycles. The van der Waals surface area contributed by atoms with Crippen molar-refractivity contribution in [2.45, 2.75) is 43.6 Å². The Morgan fingerprint density at radius 3 is 2.57 bits per heavy atom. The molecule has 2 aliphatic rings. The predicted molar refractivity (Wildman–Crippen MR) is 87.2 cm³/mol. The lowest BCUT2D eigenvalue weighted by molar-refractivity contribution is 0.0389. The Labute approximate surface area is 132 Å². The molecule has 1 saturated heterocycles. The van der Waals surface area contributed by atoms with Crippen molar-refractivity contribution in [1.82, 2.24) is 4.90 Å². The van der Waals surface area contributed by atoms with Crippen molar-refractivity contribution in [2.75, 3.05) is 26.7 Å². The highest BCUT2D eigenvalue weighted by molar-refractivity contribution is 6.32. The third kappa shape index (κ3) is 3.05. The van der Waals surface area contributed by atoms with Crippen LogP contribution in [-0.2, 0) is 5.41 Å². The van der Waals surface area contributed by atoms with Crippen LogP contribution in [0.2, 0.25) is 5.02 Å². The second-order valence-corrected chi connectivity index (χ2v) is 7.06. The number of likely N-dealkylation sites (N-methyl/N-ethyl adjacent to an activating group) is 1. The highest BCUT2D eigenvalue weighted by Crippen LogP contribution is 2.41. The molecule has 2 fully saturated rings. The first-order chi connectivity index (χ1) is 10.1. The van der Waals surface area contributed by atoms with Gasteiger partial charge in [-0.05, 0) is 37.6 Å². The molecule has 3 rings (SSSR count). The number of hydrogen-bond acceptors (Lipinski definition) is 3. The number of benzene rings is 1. The minimum Gasteiger partial charge on any atom is -0.486 e. The lowest BCUT2D eigenvalue weighted by atomic mass is 9.69. The fourth-order valence-corrected chi connectivity index (χ4v) is 3.89. The summed E-state index contributed by atoms with van der Waals surface area (Å²) in [5, 5.41) is 0.723. The predicted octanol–water partition coefficient (Wildman–Crippen LogP) is 3.19. The summed E-state index contributed by atoms with van der Waals surface area (Å²) in [5.41, 5.74) is 7.51. The van der Waals surface area contributed by atoms with Gasteiger partial charge in [-0.25, -0.2) is 0 Å². The van der Waals surface area contributed by atoms with Crippen LogP contribution >= 0.6 is 11.6 Å². The van der Waals surface area contributed by atoms with E-state index in [0.29, 0.717) is 6.54 Å². The van der Waals surface area contributed by atoms with Gasteiger partial charge in [-0.3, -0.25) is 4.90 Å². The van der Waals surface area contributed by atoms with E-state index in [9.17, 15) is 0 Å². The van der Waals surface area contributed by atoms with E-state index in [2.05, 4.69) is 24.1 Å². The van der Waals surface area contributed by atoms with E-state index in [-0.39, 0.29) is 11.5 Å². The zero-order valence-electron chi connectivity index (χ0n) is 12.8. The van der Waals surface area contributed by atoms with Crippen LogP contribution in [-0.4, -0.2) is 37.7 Å². The average Bonchev–Trinajstić information content (AvgIpc) is 2.48. The molecule has 21 heavy (non-hydrogen) atoms. The molecule has 1 aromatic rings. The van der Waals surface area contributed by atoms with Crippen LogP contribution in [0.25, 0.3) is 0 Å². The second kappa shape index (κ2) is 6.15. The van der Waals surface area contributed by atoms with Crippen LogP contribution in [0.1, 0.15) is 37.7 Å². The molecule has 0 bridgehead atoms. The number of rotatable bonds is 4. The van der Waals surface area contributed by atoms with Gasteiger partial charge in [0.25, 0.3) is 0 Å². The quantitative estimate of drug-likeness (QED) is 0.928. The molecule has 0 aromatic heterocycles. The molecule has 2 N–H and O–H groups in total. The molecule has 0 radical (unpaired) electrons. The first-order valence-corrected chi connectivity index (χ1v) is 8.36. The van der Waals surface area contributed by atoms with Gasteiger partial charge < -0.3 is 10.5 Å². The van der Waals surface area contributed by atoms with Gasteiger partial charge in [-0.15, -0.1) is 0 Å². The maximum atomic E-state index is 6.45. The zero-order chi connectivity index (χ0) is 14.9. The van der Waals surface area contributed by atoms with E-state index in [4.69, 9.17) is 22.1 Å². The van der Waals surface area contributed by atoms with E-state index in [1.807, 2.05) is 6.07 Å². The summed E-state index contributed by atoms with van der Waals surface area (Å²) in [6, 6.07) is 6.28. The summed E-state index contributed by atoms with van der Waals surface area (Å²) in [6.07, 6.45) is 6.48. The third-order valence-corrected chi connectivity index (χ3v) is 5.37. The third-order valence-electron chi connectivity index (χ3n) is 5.07. The molecule has 3 nitrogen and oxygen atoms in total. The number of hydrogen-bond donors (Lipinski definition) is 1. The number of nitrogens with two attached hydrogens (primary N) is 1. The maximum Gasteiger partial charge on any atom is 0.138 e. The summed E-state index contributed by atoms with van der Waals surface area (Å²) >= 11 is 6.45. The summed E-state index contributed by atoms with van der Waals surface area (Å²) in [4.78, 5) is 2.23. The minimum atomic E-state index is 0.122. The van der Waals surface area contributed by atoms with Crippen molar-refractivity contribution in [3.63, 3.8) is 0 Å². The Morgan fingerprint density at radius 2 is 2.00 bits per heavy atom. The van der Waals surface area contributed by atoms with Gasteiger partial charge in [0.15, 0.2) is 0 Å². The summed E-state index contributed by atoms with van der Waals surface area (Å²) in [7, 11) is 2.10. The smallest absolute Gasteiger partial charge is 0.138 e. The summed E-state index contributed by atoms with van der Waals surface area (Å²) < 4.78 is 5.96. The van der Waals surface area contributed by atoms with Crippen molar-refractivity contribution >= 4 is 11.6 Å². The Balaban J connectivity index is 1.76. The van der Waals surface area contributed by atoms with E-state index in [1.165, 1.54) is 37.7 Å². The first kappa shape index (κ1) is 15.1. The molecule has 1 aliphatic carbocycles. The largest absolute Gasteiger partial charge is 0.486 e. The molecule has 1 aliphatic heterocycles. The number of likely N-dealkylation sites (tertiary alicyclic amines) is 1. The van der Waals surface area contributed by atoms with Gasteiger partial charge >= 0.3 is 0 Å². The van der Waals surface area contributed by atoms with Crippen LogP contribution in [0.3, 0.4) is 0 Å². The van der Waals surface area contributed by atoms with Crippen molar-refractivity contribution in [1.29, 1.82) is 0 Å². The number of ether oxygens (including phenoxy) is 1. The Bertz CT molecular complexity index is 494. The van der Waals surface area contributed by atoms with Crippen molar-refractivity contribution in [3.8, 4) is 5.75 Å². The maximum absolute atomic E-state index is 6.45. The minimum absolute atomic E-state index is 0.122. The molecule has 0 spiro atoms. The average molecular weight is 309 g/mol. The number of nitrogens with zero attached hydrogens (tertiary/aromatic N) is 1.